The number of aromatic nitrogens is 2. The van der Waals surface area contributed by atoms with Crippen molar-refractivity contribution in [3.05, 3.63) is 41.8 Å². The summed E-state index contributed by atoms with van der Waals surface area (Å²) in [4.78, 5) is 22.9. The highest BCUT2D eigenvalue weighted by molar-refractivity contribution is 5.95. The maximum Gasteiger partial charge on any atom is 0.251 e. The van der Waals surface area contributed by atoms with Crippen molar-refractivity contribution in [2.45, 2.75) is 25.0 Å². The van der Waals surface area contributed by atoms with Gasteiger partial charge in [-0.25, -0.2) is 14.4 Å². The number of nitrogens with zero attached hydrogens (tertiary/aromatic N) is 3. The Balaban J connectivity index is 0.00000150. The van der Waals surface area contributed by atoms with Gasteiger partial charge in [0.2, 0.25) is 0 Å². The number of carbonyl (C=O) groups excluding carboxylic acids is 1. The molecule has 1 aromatic heterocycles. The molecular formula is C19H24Cl2FN5O2. The molecule has 3 heterocycles. The molecule has 0 radical (unpaired) electrons. The fourth-order valence-corrected chi connectivity index (χ4v) is 3.51. The fraction of sp³-hybridized carbons (Fsp3) is 0.421. The molecule has 0 saturated carbocycles. The molecule has 4 rings (SSSR count). The summed E-state index contributed by atoms with van der Waals surface area (Å²) in [6, 6.07) is 6.60. The van der Waals surface area contributed by atoms with E-state index < -0.39 is 11.9 Å². The van der Waals surface area contributed by atoms with Gasteiger partial charge in [0.15, 0.2) is 17.5 Å². The predicted molar refractivity (Wildman–Crippen MR) is 113 cm³/mol. The molecule has 1 aromatic carbocycles. The second-order valence-corrected chi connectivity index (χ2v) is 6.95. The summed E-state index contributed by atoms with van der Waals surface area (Å²) >= 11 is 0. The summed E-state index contributed by atoms with van der Waals surface area (Å²) in [5.41, 5.74) is 1.09. The molecule has 158 valence electrons. The van der Waals surface area contributed by atoms with E-state index in [-0.39, 0.29) is 36.8 Å². The highest BCUT2D eigenvalue weighted by atomic mass is 35.5. The van der Waals surface area contributed by atoms with Crippen LogP contribution in [0.3, 0.4) is 0 Å². The van der Waals surface area contributed by atoms with E-state index in [1.165, 1.54) is 6.20 Å². The third-order valence-corrected chi connectivity index (χ3v) is 5.01. The van der Waals surface area contributed by atoms with E-state index in [9.17, 15) is 14.3 Å². The number of rotatable bonds is 4. The first kappa shape index (κ1) is 23.3. The molecule has 29 heavy (non-hydrogen) atoms. The number of amides is 1. The van der Waals surface area contributed by atoms with Gasteiger partial charge in [-0.05, 0) is 25.0 Å². The molecule has 2 aromatic rings. The van der Waals surface area contributed by atoms with Gasteiger partial charge < -0.3 is 20.6 Å². The lowest BCUT2D eigenvalue weighted by atomic mass is 10.1. The second-order valence-electron chi connectivity index (χ2n) is 6.95. The number of anilines is 1. The first-order valence-corrected chi connectivity index (χ1v) is 9.19. The minimum absolute atomic E-state index is 0. The Morgan fingerprint density at radius 3 is 2.69 bits per heavy atom. The van der Waals surface area contributed by atoms with Crippen molar-refractivity contribution >= 4 is 36.5 Å². The highest BCUT2D eigenvalue weighted by Gasteiger charge is 2.26. The summed E-state index contributed by atoms with van der Waals surface area (Å²) in [5, 5.41) is 15.7. The van der Waals surface area contributed by atoms with Gasteiger partial charge in [0.1, 0.15) is 0 Å². The van der Waals surface area contributed by atoms with Gasteiger partial charge in [0.25, 0.3) is 5.91 Å². The Morgan fingerprint density at radius 2 is 2.00 bits per heavy atom. The van der Waals surface area contributed by atoms with Crippen molar-refractivity contribution in [3.8, 4) is 11.4 Å². The molecule has 0 unspecified atom stereocenters. The number of carbonyl (C=O) groups is 1. The van der Waals surface area contributed by atoms with E-state index in [0.29, 0.717) is 35.9 Å². The summed E-state index contributed by atoms with van der Waals surface area (Å²) in [6.45, 7) is 2.57. The van der Waals surface area contributed by atoms with Crippen LogP contribution < -0.4 is 15.5 Å². The van der Waals surface area contributed by atoms with Gasteiger partial charge in [0, 0.05) is 37.3 Å². The number of β-amino-alcohol motifs (C(OH)–C–C–N with tert-alkyl or cyclic N) is 1. The number of hydrogen-bond acceptors (Lipinski definition) is 6. The quantitative estimate of drug-likeness (QED) is 0.667. The van der Waals surface area contributed by atoms with Crippen LogP contribution in [-0.2, 0) is 0 Å². The van der Waals surface area contributed by atoms with Crippen LogP contribution in [-0.4, -0.2) is 59.3 Å². The van der Waals surface area contributed by atoms with Gasteiger partial charge in [0.05, 0.1) is 18.3 Å². The molecule has 0 bridgehead atoms. The lowest BCUT2D eigenvalue weighted by Crippen LogP contribution is -2.42. The third-order valence-electron chi connectivity index (χ3n) is 5.01. The summed E-state index contributed by atoms with van der Waals surface area (Å²) in [5.74, 6) is -0.00762. The zero-order valence-corrected chi connectivity index (χ0v) is 17.3. The van der Waals surface area contributed by atoms with Gasteiger partial charge in [-0.2, -0.15) is 0 Å². The highest BCUT2D eigenvalue weighted by Crippen LogP contribution is 2.24. The topological polar surface area (TPSA) is 90.4 Å². The predicted octanol–water partition coefficient (Wildman–Crippen LogP) is 1.79. The minimum Gasteiger partial charge on any atom is -0.390 e. The third kappa shape index (κ3) is 5.14. The Bertz CT molecular complexity index is 851. The summed E-state index contributed by atoms with van der Waals surface area (Å²) in [7, 11) is 0. The van der Waals surface area contributed by atoms with E-state index in [1.54, 1.807) is 24.3 Å². The zero-order valence-electron chi connectivity index (χ0n) is 15.7. The Kier molecular flexibility index (Phi) is 8.15. The average molecular weight is 444 g/mol. The van der Waals surface area contributed by atoms with E-state index in [2.05, 4.69) is 20.6 Å². The lowest BCUT2D eigenvalue weighted by Gasteiger charge is -2.17. The van der Waals surface area contributed by atoms with Crippen molar-refractivity contribution in [2.24, 2.45) is 0 Å². The molecule has 2 aliphatic rings. The molecule has 0 spiro atoms. The van der Waals surface area contributed by atoms with Crippen LogP contribution in [0, 0.1) is 5.82 Å². The average Bonchev–Trinajstić information content (AvgIpc) is 3.35. The van der Waals surface area contributed by atoms with Crippen molar-refractivity contribution in [1.82, 2.24) is 20.6 Å². The van der Waals surface area contributed by atoms with Gasteiger partial charge >= 0.3 is 0 Å². The number of benzene rings is 1. The van der Waals surface area contributed by atoms with Crippen LogP contribution in [0.2, 0.25) is 0 Å². The minimum atomic E-state index is -0.597. The summed E-state index contributed by atoms with van der Waals surface area (Å²) < 4.78 is 14.1. The van der Waals surface area contributed by atoms with Gasteiger partial charge in [-0.3, -0.25) is 4.79 Å². The number of nitrogens with one attached hydrogen (secondary N) is 2. The van der Waals surface area contributed by atoms with Crippen molar-refractivity contribution < 1.29 is 14.3 Å². The van der Waals surface area contributed by atoms with Crippen LogP contribution in [0.25, 0.3) is 11.4 Å². The standard InChI is InChI=1S/C19H22FN5O2.2ClH/c20-14-9-22-17(24-18(14)25-6-1-2-7-25)12-4-3-5-13(8-12)19(27)23-15-10-21-11-16(15)26;;/h3-5,8-9,15-16,21,26H,1-2,6-7,10-11H2,(H,23,27);2*1H/t15-,16-;;/m1../s1. The van der Waals surface area contributed by atoms with Crippen LogP contribution in [0.4, 0.5) is 10.2 Å². The van der Waals surface area contributed by atoms with Crippen LogP contribution in [0.15, 0.2) is 30.5 Å². The largest absolute Gasteiger partial charge is 0.390 e. The molecule has 10 heteroatoms. The van der Waals surface area contributed by atoms with E-state index in [4.69, 9.17) is 0 Å². The normalized spacial score (nSPS) is 20.7. The Hall–Kier alpha value is -2.00. The number of aliphatic hydroxyl groups is 1. The van der Waals surface area contributed by atoms with Gasteiger partial charge in [-0.1, -0.05) is 12.1 Å². The number of aliphatic hydroxyl groups excluding tert-OH is 1. The van der Waals surface area contributed by atoms with Gasteiger partial charge in [-0.15, -0.1) is 24.8 Å². The van der Waals surface area contributed by atoms with Crippen LogP contribution >= 0.6 is 24.8 Å². The molecule has 0 aliphatic carbocycles. The number of hydrogen-bond donors (Lipinski definition) is 3. The van der Waals surface area contributed by atoms with E-state index in [1.807, 2.05) is 4.90 Å². The van der Waals surface area contributed by atoms with Crippen LogP contribution in [0.1, 0.15) is 23.2 Å². The molecule has 7 nitrogen and oxygen atoms in total. The summed E-state index contributed by atoms with van der Waals surface area (Å²) in [6.07, 6.45) is 2.64. The van der Waals surface area contributed by atoms with Crippen molar-refractivity contribution in [2.75, 3.05) is 31.1 Å². The molecule has 2 atom stereocenters. The van der Waals surface area contributed by atoms with Crippen molar-refractivity contribution in [3.63, 3.8) is 0 Å². The smallest absolute Gasteiger partial charge is 0.251 e. The lowest BCUT2D eigenvalue weighted by molar-refractivity contribution is 0.0888. The first-order valence-electron chi connectivity index (χ1n) is 9.19. The molecule has 2 aliphatic heterocycles. The molecule has 3 N–H and O–H groups in total. The van der Waals surface area contributed by atoms with Crippen LogP contribution in [0.5, 0.6) is 0 Å². The first-order chi connectivity index (χ1) is 13.1. The maximum absolute atomic E-state index is 14.1. The molecule has 2 fully saturated rings. The van der Waals surface area contributed by atoms with E-state index in [0.717, 1.165) is 25.9 Å². The number of halogens is 3. The second kappa shape index (κ2) is 10.2. The Labute approximate surface area is 180 Å². The van der Waals surface area contributed by atoms with E-state index >= 15 is 0 Å². The zero-order chi connectivity index (χ0) is 18.8. The SMILES string of the molecule is Cl.Cl.O=C(N[C@@H]1CNC[C@H]1O)c1cccc(-c2ncc(F)c(N3CCCC3)n2)c1. The maximum atomic E-state index is 14.1. The fourth-order valence-electron chi connectivity index (χ4n) is 3.51. The Morgan fingerprint density at radius 1 is 1.24 bits per heavy atom. The monoisotopic (exact) mass is 443 g/mol. The molecular weight excluding hydrogens is 420 g/mol. The molecule has 2 saturated heterocycles. The van der Waals surface area contributed by atoms with Crippen molar-refractivity contribution in [1.29, 1.82) is 0 Å². The molecule has 1 amide bonds.